The Bertz CT molecular complexity index is 1060. The summed E-state index contributed by atoms with van der Waals surface area (Å²) in [5, 5.41) is 4.24. The topological polar surface area (TPSA) is 58.3 Å². The Balaban J connectivity index is 1.46. The van der Waals surface area contributed by atoms with Crippen molar-refractivity contribution in [3.05, 3.63) is 89.6 Å². The molecule has 3 aromatic rings. The lowest BCUT2D eigenvalue weighted by atomic mass is 10.0. The lowest BCUT2D eigenvalue weighted by Gasteiger charge is -2.24. The number of carbonyl (C=O) groups excluding carboxylic acids is 1. The molecule has 7 heteroatoms. The van der Waals surface area contributed by atoms with Gasteiger partial charge in [-0.1, -0.05) is 29.4 Å². The van der Waals surface area contributed by atoms with Crippen LogP contribution in [-0.2, 0) is 11.4 Å². The van der Waals surface area contributed by atoms with Crippen LogP contribution in [0.3, 0.4) is 0 Å². The molecule has 0 fully saturated rings. The fraction of sp³-hybridized carbons (Fsp3) is 0.250. The van der Waals surface area contributed by atoms with Gasteiger partial charge in [-0.05, 0) is 47.5 Å². The van der Waals surface area contributed by atoms with Crippen LogP contribution >= 0.6 is 0 Å². The van der Waals surface area contributed by atoms with Crippen molar-refractivity contribution in [2.75, 3.05) is 25.5 Å². The minimum atomic E-state index is -0.341. The van der Waals surface area contributed by atoms with Crippen molar-refractivity contribution in [2.45, 2.75) is 19.1 Å². The lowest BCUT2D eigenvalue weighted by Crippen LogP contribution is -2.37. The molecule has 0 radical (unpaired) electrons. The summed E-state index contributed by atoms with van der Waals surface area (Å²) < 4.78 is 18.9. The molecule has 1 aromatic heterocycles. The number of hydrogen-bond acceptors (Lipinski definition) is 5. The highest BCUT2D eigenvalue weighted by Crippen LogP contribution is 2.22. The molecule has 0 N–H and O–H groups in total. The van der Waals surface area contributed by atoms with Gasteiger partial charge in [-0.15, -0.1) is 0 Å². The van der Waals surface area contributed by atoms with Crippen molar-refractivity contribution < 1.29 is 18.4 Å². The van der Waals surface area contributed by atoms with Crippen LogP contribution in [0.4, 0.5) is 10.1 Å². The summed E-state index contributed by atoms with van der Waals surface area (Å²) in [6.45, 7) is 0.544. The summed E-state index contributed by atoms with van der Waals surface area (Å²) in [4.78, 5) is 22.2. The number of benzene rings is 2. The van der Waals surface area contributed by atoms with Crippen LogP contribution in [0.2, 0.25) is 0 Å². The zero-order valence-corrected chi connectivity index (χ0v) is 17.5. The van der Waals surface area contributed by atoms with Crippen LogP contribution in [0.25, 0.3) is 0 Å². The SMILES string of the molecule is CN(C)c1ccc(C2=NO[C@@H](CN(Cc3cccc(F)c3)C(=O)c3ccco3)C2)cc1. The number of furan rings is 1. The molecule has 0 unspecified atom stereocenters. The molecule has 0 saturated heterocycles. The molecule has 6 nitrogen and oxygen atoms in total. The van der Waals surface area contributed by atoms with Gasteiger partial charge in [0.1, 0.15) is 5.82 Å². The van der Waals surface area contributed by atoms with Crippen LogP contribution in [0.15, 0.2) is 76.5 Å². The Labute approximate surface area is 180 Å². The second-order valence-electron chi connectivity index (χ2n) is 7.70. The van der Waals surface area contributed by atoms with E-state index in [2.05, 4.69) is 5.16 Å². The molecule has 0 saturated carbocycles. The fourth-order valence-electron chi connectivity index (χ4n) is 3.53. The van der Waals surface area contributed by atoms with Crippen molar-refractivity contribution in [3.63, 3.8) is 0 Å². The highest BCUT2D eigenvalue weighted by atomic mass is 19.1. The second kappa shape index (κ2) is 9.04. The first-order valence-corrected chi connectivity index (χ1v) is 10.1. The minimum Gasteiger partial charge on any atom is -0.459 e. The average molecular weight is 421 g/mol. The monoisotopic (exact) mass is 421 g/mol. The van der Waals surface area contributed by atoms with E-state index in [0.29, 0.717) is 18.5 Å². The van der Waals surface area contributed by atoms with Crippen molar-refractivity contribution in [2.24, 2.45) is 5.16 Å². The lowest BCUT2D eigenvalue weighted by molar-refractivity contribution is 0.0387. The maximum absolute atomic E-state index is 13.6. The molecular weight excluding hydrogens is 397 g/mol. The van der Waals surface area contributed by atoms with E-state index in [-0.39, 0.29) is 30.1 Å². The van der Waals surface area contributed by atoms with Gasteiger partial charge in [0.05, 0.1) is 18.5 Å². The summed E-state index contributed by atoms with van der Waals surface area (Å²) in [7, 11) is 3.98. The fourth-order valence-corrected chi connectivity index (χ4v) is 3.53. The van der Waals surface area contributed by atoms with E-state index >= 15 is 0 Å². The summed E-state index contributed by atoms with van der Waals surface area (Å²) in [5.74, 6) is -0.386. The van der Waals surface area contributed by atoms with Gasteiger partial charge in [-0.25, -0.2) is 4.39 Å². The summed E-state index contributed by atoms with van der Waals surface area (Å²) in [6, 6.07) is 17.6. The molecule has 1 aliphatic rings. The van der Waals surface area contributed by atoms with Crippen molar-refractivity contribution in [1.82, 2.24) is 4.90 Å². The molecule has 1 aliphatic heterocycles. The first kappa shape index (κ1) is 20.7. The molecule has 2 aromatic carbocycles. The standard InChI is InChI=1S/C24H24FN3O3/c1-27(2)20-10-8-18(9-11-20)22-14-21(31-26-22)16-28(24(29)23-7-4-12-30-23)15-17-5-3-6-19(25)13-17/h3-13,21H,14-16H2,1-2H3/t21-/m1/s1. The third-order valence-corrected chi connectivity index (χ3v) is 5.16. The molecule has 31 heavy (non-hydrogen) atoms. The van der Waals surface area contributed by atoms with Gasteiger partial charge in [0.2, 0.25) is 0 Å². The smallest absolute Gasteiger partial charge is 0.289 e. The molecule has 0 spiro atoms. The van der Waals surface area contributed by atoms with Gasteiger partial charge in [-0.2, -0.15) is 0 Å². The predicted octanol–water partition coefficient (Wildman–Crippen LogP) is 4.32. The van der Waals surface area contributed by atoms with E-state index in [1.54, 1.807) is 29.2 Å². The number of nitrogens with zero attached hydrogens (tertiary/aromatic N) is 3. The Kier molecular flexibility index (Phi) is 6.02. The van der Waals surface area contributed by atoms with Gasteiger partial charge in [-0.3, -0.25) is 4.79 Å². The van der Waals surface area contributed by atoms with E-state index in [1.165, 1.54) is 18.4 Å². The van der Waals surface area contributed by atoms with Crippen LogP contribution in [0.5, 0.6) is 0 Å². The van der Waals surface area contributed by atoms with Gasteiger partial charge in [0.25, 0.3) is 5.91 Å². The molecule has 0 bridgehead atoms. The summed E-state index contributed by atoms with van der Waals surface area (Å²) >= 11 is 0. The van der Waals surface area contributed by atoms with E-state index < -0.39 is 0 Å². The minimum absolute atomic E-state index is 0.231. The van der Waals surface area contributed by atoms with Crippen LogP contribution in [0, 0.1) is 5.82 Å². The van der Waals surface area contributed by atoms with Crippen LogP contribution in [0.1, 0.15) is 28.1 Å². The largest absolute Gasteiger partial charge is 0.459 e. The van der Waals surface area contributed by atoms with E-state index in [4.69, 9.17) is 9.25 Å². The second-order valence-corrected chi connectivity index (χ2v) is 7.70. The summed E-state index contributed by atoms with van der Waals surface area (Å²) in [6.07, 6.45) is 1.74. The Morgan fingerprint density at radius 3 is 2.61 bits per heavy atom. The van der Waals surface area contributed by atoms with Crippen molar-refractivity contribution in [3.8, 4) is 0 Å². The zero-order chi connectivity index (χ0) is 21.8. The molecule has 2 heterocycles. The molecule has 160 valence electrons. The Morgan fingerprint density at radius 1 is 1.13 bits per heavy atom. The number of anilines is 1. The van der Waals surface area contributed by atoms with Gasteiger partial charge in [0.15, 0.2) is 11.9 Å². The number of hydrogen-bond donors (Lipinski definition) is 0. The van der Waals surface area contributed by atoms with E-state index in [9.17, 15) is 9.18 Å². The Hall–Kier alpha value is -3.61. The highest BCUT2D eigenvalue weighted by Gasteiger charge is 2.28. The van der Waals surface area contributed by atoms with Gasteiger partial charge >= 0.3 is 0 Å². The van der Waals surface area contributed by atoms with Gasteiger partial charge < -0.3 is 19.1 Å². The molecule has 4 rings (SSSR count). The van der Waals surface area contributed by atoms with Crippen LogP contribution < -0.4 is 4.90 Å². The number of oxime groups is 1. The average Bonchev–Trinajstić information content (AvgIpc) is 3.45. The van der Waals surface area contributed by atoms with E-state index in [0.717, 1.165) is 17.0 Å². The van der Waals surface area contributed by atoms with Crippen molar-refractivity contribution >= 4 is 17.3 Å². The molecule has 1 amide bonds. The first-order valence-electron chi connectivity index (χ1n) is 10.1. The number of halogens is 1. The van der Waals surface area contributed by atoms with Crippen molar-refractivity contribution in [1.29, 1.82) is 0 Å². The van der Waals surface area contributed by atoms with Crippen LogP contribution in [-0.4, -0.2) is 43.3 Å². The quantitative estimate of drug-likeness (QED) is 0.570. The normalized spacial score (nSPS) is 15.3. The number of amides is 1. The van der Waals surface area contributed by atoms with Gasteiger partial charge in [0, 0.05) is 32.7 Å². The maximum Gasteiger partial charge on any atom is 0.289 e. The highest BCUT2D eigenvalue weighted by molar-refractivity contribution is 6.01. The molecule has 0 aliphatic carbocycles. The number of carbonyl (C=O) groups is 1. The number of rotatable bonds is 7. The molecule has 1 atom stereocenters. The Morgan fingerprint density at radius 2 is 1.94 bits per heavy atom. The zero-order valence-electron chi connectivity index (χ0n) is 17.5. The third kappa shape index (κ3) is 4.94. The van der Waals surface area contributed by atoms with E-state index in [1.807, 2.05) is 43.3 Å². The predicted molar refractivity (Wildman–Crippen MR) is 117 cm³/mol. The summed E-state index contributed by atoms with van der Waals surface area (Å²) in [5.41, 5.74) is 3.62. The molecular formula is C24H24FN3O3. The maximum atomic E-state index is 13.6. The third-order valence-electron chi connectivity index (χ3n) is 5.16. The first-order chi connectivity index (χ1) is 15.0.